The highest BCUT2D eigenvalue weighted by molar-refractivity contribution is 7.98. The first-order valence-electron chi connectivity index (χ1n) is 11.2. The first-order valence-corrected chi connectivity index (χ1v) is 12.6. The van der Waals surface area contributed by atoms with Gasteiger partial charge in [-0.25, -0.2) is 4.98 Å². The predicted octanol–water partition coefficient (Wildman–Crippen LogP) is 4.91. The van der Waals surface area contributed by atoms with E-state index < -0.39 is 0 Å². The van der Waals surface area contributed by atoms with Crippen LogP contribution in [0.3, 0.4) is 0 Å². The Bertz CT molecular complexity index is 1210. The number of hydrogen-bond acceptors (Lipinski definition) is 5. The lowest BCUT2D eigenvalue weighted by atomic mass is 10.1. The minimum Gasteiger partial charge on any atom is -0.376 e. The Morgan fingerprint density at radius 1 is 1.30 bits per heavy atom. The molecule has 0 saturated carbocycles. The van der Waals surface area contributed by atoms with Gasteiger partial charge in [-0.2, -0.15) is 0 Å². The quantitative estimate of drug-likeness (QED) is 0.362. The summed E-state index contributed by atoms with van der Waals surface area (Å²) in [6.07, 6.45) is 1.92. The van der Waals surface area contributed by atoms with Gasteiger partial charge < -0.3 is 10.1 Å². The van der Waals surface area contributed by atoms with Crippen LogP contribution in [0.25, 0.3) is 10.9 Å². The number of hydrogen-bond donors (Lipinski definition) is 1. The molecule has 4 rings (SSSR count). The van der Waals surface area contributed by atoms with E-state index in [9.17, 15) is 9.59 Å². The van der Waals surface area contributed by atoms with E-state index in [1.165, 1.54) is 11.8 Å². The van der Waals surface area contributed by atoms with Crippen molar-refractivity contribution in [2.24, 2.45) is 5.92 Å². The van der Waals surface area contributed by atoms with Crippen LogP contribution in [0.2, 0.25) is 5.02 Å². The van der Waals surface area contributed by atoms with Gasteiger partial charge in [0, 0.05) is 29.5 Å². The molecule has 0 spiro atoms. The van der Waals surface area contributed by atoms with Crippen molar-refractivity contribution < 1.29 is 9.53 Å². The van der Waals surface area contributed by atoms with E-state index in [1.807, 2.05) is 38.1 Å². The van der Waals surface area contributed by atoms with Crippen molar-refractivity contribution in [1.82, 2.24) is 14.9 Å². The number of thioether (sulfide) groups is 1. The fraction of sp³-hybridized carbons (Fsp3) is 0.400. The third-order valence-corrected chi connectivity index (χ3v) is 6.97. The van der Waals surface area contributed by atoms with Crippen LogP contribution in [-0.2, 0) is 17.0 Å². The minimum atomic E-state index is -0.166. The van der Waals surface area contributed by atoms with Gasteiger partial charge in [0.15, 0.2) is 5.16 Å². The summed E-state index contributed by atoms with van der Waals surface area (Å²) in [5, 5.41) is 4.70. The number of amides is 1. The second kappa shape index (κ2) is 10.7. The van der Waals surface area contributed by atoms with Crippen LogP contribution in [0.15, 0.2) is 52.4 Å². The maximum Gasteiger partial charge on any atom is 0.262 e. The molecule has 1 fully saturated rings. The topological polar surface area (TPSA) is 73.2 Å². The van der Waals surface area contributed by atoms with Gasteiger partial charge in [-0.15, -0.1) is 0 Å². The molecule has 33 heavy (non-hydrogen) atoms. The van der Waals surface area contributed by atoms with Gasteiger partial charge in [0.2, 0.25) is 0 Å². The largest absolute Gasteiger partial charge is 0.376 e. The molecule has 1 amide bonds. The Kier molecular flexibility index (Phi) is 7.73. The maximum atomic E-state index is 13.4. The average molecular weight is 486 g/mol. The van der Waals surface area contributed by atoms with Crippen molar-refractivity contribution in [3.05, 3.63) is 69.0 Å². The fourth-order valence-electron chi connectivity index (χ4n) is 3.76. The normalized spacial score (nSPS) is 15.9. The molecule has 1 atom stereocenters. The zero-order valence-corrected chi connectivity index (χ0v) is 20.4. The SMILES string of the molecule is CC(C)CNC(=O)c1ccc2c(=O)n(C[C@@H]3CCCO3)c(SCc3ccccc3Cl)nc2c1. The molecule has 0 aliphatic carbocycles. The fourth-order valence-corrected chi connectivity index (χ4v) is 5.06. The third-order valence-electron chi connectivity index (χ3n) is 5.58. The van der Waals surface area contributed by atoms with Gasteiger partial charge in [0.05, 0.1) is 23.6 Å². The molecule has 1 aliphatic heterocycles. The van der Waals surface area contributed by atoms with Crippen LogP contribution in [-0.4, -0.2) is 34.7 Å². The summed E-state index contributed by atoms with van der Waals surface area (Å²) in [5.74, 6) is 0.768. The van der Waals surface area contributed by atoms with Crippen LogP contribution in [0.5, 0.6) is 0 Å². The summed E-state index contributed by atoms with van der Waals surface area (Å²) in [6, 6.07) is 12.7. The number of aromatic nitrogens is 2. The number of nitrogens with zero attached hydrogens (tertiary/aromatic N) is 2. The number of carbonyl (C=O) groups excluding carboxylic acids is 1. The zero-order valence-electron chi connectivity index (χ0n) is 18.8. The first-order chi connectivity index (χ1) is 15.9. The summed E-state index contributed by atoms with van der Waals surface area (Å²) < 4.78 is 7.49. The Morgan fingerprint density at radius 3 is 2.85 bits per heavy atom. The Morgan fingerprint density at radius 2 is 2.12 bits per heavy atom. The molecule has 0 radical (unpaired) electrons. The number of nitrogens with one attached hydrogen (secondary N) is 1. The Hall–Kier alpha value is -2.35. The van der Waals surface area contributed by atoms with Gasteiger partial charge >= 0.3 is 0 Å². The Labute approximate surface area is 202 Å². The molecule has 2 heterocycles. The standard InChI is InChI=1S/C25H28ClN3O3S/c1-16(2)13-27-23(30)17-9-10-20-22(12-17)28-25(33-15-18-6-3-4-8-21(18)26)29(24(20)31)14-19-7-5-11-32-19/h3-4,6,8-10,12,16,19H,5,7,11,13-15H2,1-2H3,(H,27,30)/t19-/m0/s1. The van der Waals surface area contributed by atoms with E-state index in [0.717, 1.165) is 25.0 Å². The van der Waals surface area contributed by atoms with Crippen LogP contribution in [0.4, 0.5) is 0 Å². The molecule has 1 saturated heterocycles. The summed E-state index contributed by atoms with van der Waals surface area (Å²) in [4.78, 5) is 30.8. The molecule has 8 heteroatoms. The van der Waals surface area contributed by atoms with E-state index >= 15 is 0 Å². The van der Waals surface area contributed by atoms with E-state index in [2.05, 4.69) is 5.32 Å². The number of carbonyl (C=O) groups is 1. The molecule has 174 valence electrons. The van der Waals surface area contributed by atoms with Gasteiger partial charge in [-0.05, 0) is 48.6 Å². The second-order valence-electron chi connectivity index (χ2n) is 8.66. The smallest absolute Gasteiger partial charge is 0.262 e. The Balaban J connectivity index is 1.69. The second-order valence-corrected chi connectivity index (χ2v) is 10.0. The first kappa shape index (κ1) is 23.8. The highest BCUT2D eigenvalue weighted by Gasteiger charge is 2.21. The number of ether oxygens (including phenoxy) is 1. The lowest BCUT2D eigenvalue weighted by Crippen LogP contribution is -2.29. The van der Waals surface area contributed by atoms with E-state index in [1.54, 1.807) is 22.8 Å². The summed E-state index contributed by atoms with van der Waals surface area (Å²) in [7, 11) is 0. The summed E-state index contributed by atoms with van der Waals surface area (Å²) in [5.41, 5.74) is 1.87. The summed E-state index contributed by atoms with van der Waals surface area (Å²) >= 11 is 7.80. The lowest BCUT2D eigenvalue weighted by molar-refractivity contribution is 0.0937. The van der Waals surface area contributed by atoms with E-state index in [0.29, 0.717) is 51.4 Å². The van der Waals surface area contributed by atoms with Gasteiger partial charge in [-0.1, -0.05) is 55.4 Å². The zero-order chi connectivity index (χ0) is 23.4. The lowest BCUT2D eigenvalue weighted by Gasteiger charge is -2.17. The van der Waals surface area contributed by atoms with Gasteiger partial charge in [0.1, 0.15) is 0 Å². The molecule has 2 aromatic carbocycles. The van der Waals surface area contributed by atoms with Gasteiger partial charge in [-0.3, -0.25) is 14.2 Å². The molecule has 0 bridgehead atoms. The highest BCUT2D eigenvalue weighted by Crippen LogP contribution is 2.27. The maximum absolute atomic E-state index is 13.4. The molecule has 6 nitrogen and oxygen atoms in total. The highest BCUT2D eigenvalue weighted by atomic mass is 35.5. The van der Waals surface area contributed by atoms with Crippen molar-refractivity contribution in [1.29, 1.82) is 0 Å². The van der Waals surface area contributed by atoms with Crippen LogP contribution < -0.4 is 10.9 Å². The van der Waals surface area contributed by atoms with E-state index in [-0.39, 0.29) is 17.6 Å². The third kappa shape index (κ3) is 5.78. The van der Waals surface area contributed by atoms with Crippen molar-refractivity contribution in [2.45, 2.75) is 50.2 Å². The number of halogens is 1. The molecule has 1 N–H and O–H groups in total. The van der Waals surface area contributed by atoms with Crippen molar-refractivity contribution in [2.75, 3.05) is 13.2 Å². The minimum absolute atomic E-state index is 0.00250. The number of fused-ring (bicyclic) bond motifs is 1. The average Bonchev–Trinajstić information content (AvgIpc) is 3.32. The van der Waals surface area contributed by atoms with Crippen LogP contribution in [0, 0.1) is 5.92 Å². The molecule has 3 aromatic rings. The number of benzene rings is 2. The monoisotopic (exact) mass is 485 g/mol. The molecular formula is C25H28ClN3O3S. The van der Waals surface area contributed by atoms with Crippen molar-refractivity contribution >= 4 is 40.2 Å². The predicted molar refractivity (Wildman–Crippen MR) is 133 cm³/mol. The van der Waals surface area contributed by atoms with Gasteiger partial charge in [0.25, 0.3) is 11.5 Å². The molecule has 1 aliphatic rings. The molecule has 0 unspecified atom stereocenters. The van der Waals surface area contributed by atoms with Crippen LogP contribution in [0.1, 0.15) is 42.6 Å². The van der Waals surface area contributed by atoms with Crippen molar-refractivity contribution in [3.63, 3.8) is 0 Å². The molecule has 1 aromatic heterocycles. The van der Waals surface area contributed by atoms with E-state index in [4.69, 9.17) is 21.3 Å². The number of rotatable bonds is 8. The van der Waals surface area contributed by atoms with Crippen molar-refractivity contribution in [3.8, 4) is 0 Å². The molecular weight excluding hydrogens is 458 g/mol. The van der Waals surface area contributed by atoms with Crippen LogP contribution >= 0.6 is 23.4 Å². The summed E-state index contributed by atoms with van der Waals surface area (Å²) in [6.45, 7) is 5.86.